The van der Waals surface area contributed by atoms with Crippen LogP contribution in [0.5, 0.6) is 0 Å². The van der Waals surface area contributed by atoms with Gasteiger partial charge in [-0.2, -0.15) is 0 Å². The second-order valence-electron chi connectivity index (χ2n) is 4.73. The molecule has 3 nitrogen and oxygen atoms in total. The molecular formula is C17H13FN2O. The van der Waals surface area contributed by atoms with Crippen molar-refractivity contribution in [1.82, 2.24) is 4.98 Å². The molecule has 21 heavy (non-hydrogen) atoms. The minimum absolute atomic E-state index is 0.319. The Morgan fingerprint density at radius 2 is 1.81 bits per heavy atom. The van der Waals surface area contributed by atoms with Gasteiger partial charge in [-0.05, 0) is 19.1 Å². The zero-order valence-corrected chi connectivity index (χ0v) is 11.4. The lowest BCUT2D eigenvalue weighted by Gasteiger charge is -2.13. The average Bonchev–Trinajstić information content (AvgIpc) is 2.49. The Morgan fingerprint density at radius 1 is 1.10 bits per heavy atom. The summed E-state index contributed by atoms with van der Waals surface area (Å²) < 4.78 is 14.2. The summed E-state index contributed by atoms with van der Waals surface area (Å²) >= 11 is 0. The summed E-state index contributed by atoms with van der Waals surface area (Å²) in [5.41, 5.74) is 3.23. The van der Waals surface area contributed by atoms with Gasteiger partial charge in [-0.1, -0.05) is 41.6 Å². The summed E-state index contributed by atoms with van der Waals surface area (Å²) in [5.74, 6) is -0.319. The largest absolute Gasteiger partial charge is 0.411 e. The Hall–Kier alpha value is -2.75. The van der Waals surface area contributed by atoms with Crippen LogP contribution in [0.25, 0.3) is 22.0 Å². The normalized spacial score (nSPS) is 11.3. The van der Waals surface area contributed by atoms with E-state index in [1.807, 2.05) is 31.2 Å². The highest BCUT2D eigenvalue weighted by molar-refractivity contribution is 6.04. The van der Waals surface area contributed by atoms with Crippen molar-refractivity contribution in [1.29, 1.82) is 0 Å². The molecule has 0 bridgehead atoms. The van der Waals surface area contributed by atoms with E-state index in [2.05, 4.69) is 10.1 Å². The summed E-state index contributed by atoms with van der Waals surface area (Å²) in [6.07, 6.45) is 1.30. The average molecular weight is 280 g/mol. The summed E-state index contributed by atoms with van der Waals surface area (Å²) in [6.45, 7) is 1.81. The Balaban J connectivity index is 2.48. The SMILES string of the molecule is Cc1nc2ccccc2c(-c2ccccc2F)c1/C=N/O. The number of hydrogen-bond acceptors (Lipinski definition) is 3. The van der Waals surface area contributed by atoms with Crippen molar-refractivity contribution in [3.05, 3.63) is 65.6 Å². The van der Waals surface area contributed by atoms with Crippen LogP contribution in [0.15, 0.2) is 53.7 Å². The number of hydrogen-bond donors (Lipinski definition) is 1. The monoisotopic (exact) mass is 280 g/mol. The van der Waals surface area contributed by atoms with Crippen LogP contribution in [0.3, 0.4) is 0 Å². The molecule has 0 aliphatic carbocycles. The van der Waals surface area contributed by atoms with Gasteiger partial charge in [0.15, 0.2) is 0 Å². The maximum absolute atomic E-state index is 14.2. The zero-order valence-electron chi connectivity index (χ0n) is 11.4. The molecule has 0 fully saturated rings. The highest BCUT2D eigenvalue weighted by Crippen LogP contribution is 2.33. The molecule has 3 rings (SSSR count). The molecule has 0 unspecified atom stereocenters. The zero-order chi connectivity index (χ0) is 14.8. The van der Waals surface area contributed by atoms with Crippen molar-refractivity contribution in [3.8, 4) is 11.1 Å². The summed E-state index contributed by atoms with van der Waals surface area (Å²) in [6, 6.07) is 14.1. The van der Waals surface area contributed by atoms with E-state index in [4.69, 9.17) is 5.21 Å². The van der Waals surface area contributed by atoms with Gasteiger partial charge in [-0.15, -0.1) is 0 Å². The fourth-order valence-corrected chi connectivity index (χ4v) is 2.52. The first-order valence-corrected chi connectivity index (χ1v) is 6.54. The van der Waals surface area contributed by atoms with Crippen LogP contribution in [0, 0.1) is 12.7 Å². The molecule has 2 aromatic carbocycles. The van der Waals surface area contributed by atoms with E-state index in [9.17, 15) is 4.39 Å². The van der Waals surface area contributed by atoms with Gasteiger partial charge in [0.05, 0.1) is 11.7 Å². The van der Waals surface area contributed by atoms with Crippen LogP contribution < -0.4 is 0 Å². The molecule has 0 spiro atoms. The van der Waals surface area contributed by atoms with Crippen molar-refractivity contribution in [3.63, 3.8) is 0 Å². The second kappa shape index (κ2) is 5.32. The first kappa shape index (κ1) is 13.2. The molecule has 0 atom stereocenters. The Bertz CT molecular complexity index is 843. The summed E-state index contributed by atoms with van der Waals surface area (Å²) in [7, 11) is 0. The number of benzene rings is 2. The van der Waals surface area contributed by atoms with Gasteiger partial charge in [0.2, 0.25) is 0 Å². The molecule has 4 heteroatoms. The molecule has 0 amide bonds. The predicted octanol–water partition coefficient (Wildman–Crippen LogP) is 4.16. The van der Waals surface area contributed by atoms with Gasteiger partial charge in [-0.25, -0.2) is 4.39 Å². The summed E-state index contributed by atoms with van der Waals surface area (Å²) in [5, 5.41) is 12.8. The quantitative estimate of drug-likeness (QED) is 0.435. The molecule has 0 saturated heterocycles. The van der Waals surface area contributed by atoms with Crippen molar-refractivity contribution >= 4 is 17.1 Å². The maximum atomic E-state index is 14.2. The lowest BCUT2D eigenvalue weighted by Crippen LogP contribution is -1.99. The topological polar surface area (TPSA) is 45.5 Å². The number of para-hydroxylation sites is 1. The van der Waals surface area contributed by atoms with E-state index in [1.54, 1.807) is 18.2 Å². The van der Waals surface area contributed by atoms with E-state index in [0.29, 0.717) is 22.4 Å². The van der Waals surface area contributed by atoms with E-state index in [-0.39, 0.29) is 5.82 Å². The number of halogens is 1. The third-order valence-electron chi connectivity index (χ3n) is 3.45. The molecule has 1 aromatic heterocycles. The smallest absolute Gasteiger partial charge is 0.131 e. The van der Waals surface area contributed by atoms with Crippen molar-refractivity contribution < 1.29 is 9.60 Å². The molecule has 3 aromatic rings. The number of rotatable bonds is 2. The Kier molecular flexibility index (Phi) is 3.36. The van der Waals surface area contributed by atoms with Crippen LogP contribution in [0.1, 0.15) is 11.3 Å². The first-order chi connectivity index (χ1) is 10.2. The third-order valence-corrected chi connectivity index (χ3v) is 3.45. The highest BCUT2D eigenvalue weighted by Gasteiger charge is 2.15. The molecule has 0 radical (unpaired) electrons. The lowest BCUT2D eigenvalue weighted by molar-refractivity contribution is 0.322. The number of pyridine rings is 1. The van der Waals surface area contributed by atoms with E-state index in [1.165, 1.54) is 12.3 Å². The molecule has 1 heterocycles. The standard InChI is InChI=1S/C17H13FN2O/c1-11-14(10-19-21)17(12-6-2-4-8-15(12)18)13-7-3-5-9-16(13)20-11/h2-10,21H,1H3/b19-10+. The number of oxime groups is 1. The molecule has 1 N–H and O–H groups in total. The van der Waals surface area contributed by atoms with Crippen molar-refractivity contribution in [2.45, 2.75) is 6.92 Å². The van der Waals surface area contributed by atoms with Gasteiger partial charge >= 0.3 is 0 Å². The van der Waals surface area contributed by atoms with Crippen LogP contribution in [0.4, 0.5) is 4.39 Å². The van der Waals surface area contributed by atoms with Crippen LogP contribution in [-0.4, -0.2) is 16.4 Å². The molecular weight excluding hydrogens is 267 g/mol. The second-order valence-corrected chi connectivity index (χ2v) is 4.73. The lowest BCUT2D eigenvalue weighted by atomic mass is 9.94. The fraction of sp³-hybridized carbons (Fsp3) is 0.0588. The fourth-order valence-electron chi connectivity index (χ4n) is 2.52. The van der Waals surface area contributed by atoms with Gasteiger partial charge in [0.1, 0.15) is 5.82 Å². The summed E-state index contributed by atoms with van der Waals surface area (Å²) in [4.78, 5) is 4.49. The van der Waals surface area contributed by atoms with Crippen LogP contribution in [-0.2, 0) is 0 Å². The minimum Gasteiger partial charge on any atom is -0.411 e. The van der Waals surface area contributed by atoms with Gasteiger partial charge < -0.3 is 5.21 Å². The molecule has 0 aliphatic rings. The third kappa shape index (κ3) is 2.25. The molecule has 104 valence electrons. The molecule has 0 aliphatic heterocycles. The number of aryl methyl sites for hydroxylation is 1. The first-order valence-electron chi connectivity index (χ1n) is 6.54. The predicted molar refractivity (Wildman–Crippen MR) is 81.3 cm³/mol. The Morgan fingerprint density at radius 3 is 2.57 bits per heavy atom. The molecule has 0 saturated carbocycles. The van der Waals surface area contributed by atoms with Gasteiger partial charge in [0.25, 0.3) is 0 Å². The van der Waals surface area contributed by atoms with Crippen LogP contribution in [0.2, 0.25) is 0 Å². The number of fused-ring (bicyclic) bond motifs is 1. The van der Waals surface area contributed by atoms with Gasteiger partial charge in [-0.3, -0.25) is 4.98 Å². The van der Waals surface area contributed by atoms with E-state index >= 15 is 0 Å². The minimum atomic E-state index is -0.319. The number of nitrogens with zero attached hydrogens (tertiary/aromatic N) is 2. The van der Waals surface area contributed by atoms with Gasteiger partial charge in [0, 0.05) is 27.8 Å². The van der Waals surface area contributed by atoms with Crippen molar-refractivity contribution in [2.24, 2.45) is 5.16 Å². The maximum Gasteiger partial charge on any atom is 0.131 e. The Labute approximate surface area is 121 Å². The van der Waals surface area contributed by atoms with Crippen LogP contribution >= 0.6 is 0 Å². The van der Waals surface area contributed by atoms with Crippen molar-refractivity contribution in [2.75, 3.05) is 0 Å². The number of aromatic nitrogens is 1. The highest BCUT2D eigenvalue weighted by atomic mass is 19.1. The van der Waals surface area contributed by atoms with E-state index in [0.717, 1.165) is 10.9 Å². The van der Waals surface area contributed by atoms with E-state index < -0.39 is 0 Å².